The third-order valence-corrected chi connectivity index (χ3v) is 3.85. The first-order valence-electron chi connectivity index (χ1n) is 7.26. The van der Waals surface area contributed by atoms with E-state index in [9.17, 15) is 4.79 Å². The minimum atomic E-state index is -0.228. The standard InChI is InChI=1S/C15H17BrN4O3/c16-12-1-3-13(4-2-12)23-11-20-6-5-14(17-20)15(21)18-19-7-9-22-10-8-19/h1-6H,7-11H2,(H,18,21). The van der Waals surface area contributed by atoms with E-state index in [1.807, 2.05) is 29.3 Å². The van der Waals surface area contributed by atoms with E-state index in [0.29, 0.717) is 32.0 Å². The SMILES string of the molecule is O=C(NN1CCOCC1)c1ccn(COc2ccc(Br)cc2)n1. The maximum absolute atomic E-state index is 12.1. The summed E-state index contributed by atoms with van der Waals surface area (Å²) in [5, 5.41) is 6.06. The van der Waals surface area contributed by atoms with Crippen molar-refractivity contribution in [2.24, 2.45) is 0 Å². The second-order valence-electron chi connectivity index (χ2n) is 5.01. The molecule has 1 N–H and O–H groups in total. The van der Waals surface area contributed by atoms with Crippen LogP contribution in [-0.2, 0) is 11.5 Å². The van der Waals surface area contributed by atoms with Gasteiger partial charge in [0.05, 0.1) is 13.2 Å². The number of rotatable bonds is 5. The van der Waals surface area contributed by atoms with E-state index in [2.05, 4.69) is 26.5 Å². The smallest absolute Gasteiger partial charge is 0.286 e. The van der Waals surface area contributed by atoms with Gasteiger partial charge in [0.2, 0.25) is 0 Å². The molecular formula is C15H17BrN4O3. The van der Waals surface area contributed by atoms with E-state index < -0.39 is 0 Å². The number of carbonyl (C=O) groups is 1. The predicted molar refractivity (Wildman–Crippen MR) is 86.9 cm³/mol. The van der Waals surface area contributed by atoms with Gasteiger partial charge < -0.3 is 9.47 Å². The number of ether oxygens (including phenoxy) is 2. The lowest BCUT2D eigenvalue weighted by Gasteiger charge is -2.26. The van der Waals surface area contributed by atoms with E-state index >= 15 is 0 Å². The summed E-state index contributed by atoms with van der Waals surface area (Å²) in [7, 11) is 0. The van der Waals surface area contributed by atoms with Gasteiger partial charge in [-0.25, -0.2) is 9.69 Å². The van der Waals surface area contributed by atoms with Gasteiger partial charge in [0, 0.05) is 23.8 Å². The van der Waals surface area contributed by atoms with Gasteiger partial charge in [0.25, 0.3) is 5.91 Å². The number of benzene rings is 1. The largest absolute Gasteiger partial charge is 0.471 e. The van der Waals surface area contributed by atoms with Crippen LogP contribution in [0.5, 0.6) is 5.75 Å². The van der Waals surface area contributed by atoms with Crippen molar-refractivity contribution < 1.29 is 14.3 Å². The lowest BCUT2D eigenvalue weighted by atomic mass is 10.3. The van der Waals surface area contributed by atoms with Crippen LogP contribution in [0.2, 0.25) is 0 Å². The zero-order valence-electron chi connectivity index (χ0n) is 12.4. The number of morpholine rings is 1. The van der Waals surface area contributed by atoms with Crippen LogP contribution in [0.15, 0.2) is 41.0 Å². The quantitative estimate of drug-likeness (QED) is 0.853. The van der Waals surface area contributed by atoms with Gasteiger partial charge in [0.15, 0.2) is 12.4 Å². The Balaban J connectivity index is 1.52. The molecule has 0 spiro atoms. The number of aromatic nitrogens is 2. The topological polar surface area (TPSA) is 68.6 Å². The van der Waals surface area contributed by atoms with Crippen molar-refractivity contribution in [1.82, 2.24) is 20.2 Å². The number of amides is 1. The monoisotopic (exact) mass is 380 g/mol. The molecule has 0 bridgehead atoms. The van der Waals surface area contributed by atoms with Crippen molar-refractivity contribution in [3.05, 3.63) is 46.7 Å². The molecule has 1 aromatic heterocycles. The second-order valence-corrected chi connectivity index (χ2v) is 5.92. The Morgan fingerprint density at radius 2 is 2.00 bits per heavy atom. The summed E-state index contributed by atoms with van der Waals surface area (Å²) in [6.07, 6.45) is 1.72. The van der Waals surface area contributed by atoms with Crippen LogP contribution in [0.1, 0.15) is 10.5 Å². The minimum Gasteiger partial charge on any atom is -0.471 e. The van der Waals surface area contributed by atoms with Gasteiger partial charge in [-0.1, -0.05) is 15.9 Å². The molecule has 0 aliphatic carbocycles. The number of carbonyl (C=O) groups excluding carboxylic acids is 1. The molecule has 0 unspecified atom stereocenters. The molecule has 0 saturated carbocycles. The Kier molecular flexibility index (Phi) is 5.27. The normalized spacial score (nSPS) is 15.3. The molecule has 2 aromatic rings. The Bertz CT molecular complexity index is 653. The highest BCUT2D eigenvalue weighted by Gasteiger charge is 2.16. The first kappa shape index (κ1) is 16.0. The summed E-state index contributed by atoms with van der Waals surface area (Å²) >= 11 is 3.37. The zero-order valence-corrected chi connectivity index (χ0v) is 14.0. The van der Waals surface area contributed by atoms with Gasteiger partial charge in [-0.3, -0.25) is 10.2 Å². The highest BCUT2D eigenvalue weighted by molar-refractivity contribution is 9.10. The van der Waals surface area contributed by atoms with Crippen molar-refractivity contribution in [3.8, 4) is 5.75 Å². The van der Waals surface area contributed by atoms with Crippen molar-refractivity contribution in [2.75, 3.05) is 26.3 Å². The Morgan fingerprint density at radius 1 is 1.26 bits per heavy atom. The molecule has 7 nitrogen and oxygen atoms in total. The average molecular weight is 381 g/mol. The second kappa shape index (κ2) is 7.58. The van der Waals surface area contributed by atoms with Gasteiger partial charge in [0.1, 0.15) is 5.75 Å². The highest BCUT2D eigenvalue weighted by atomic mass is 79.9. The number of nitrogens with one attached hydrogen (secondary N) is 1. The summed E-state index contributed by atoms with van der Waals surface area (Å²) in [5.74, 6) is 0.511. The van der Waals surface area contributed by atoms with E-state index in [4.69, 9.17) is 9.47 Å². The molecule has 0 radical (unpaired) electrons. The van der Waals surface area contributed by atoms with Crippen molar-refractivity contribution in [2.45, 2.75) is 6.73 Å². The fourth-order valence-corrected chi connectivity index (χ4v) is 2.37. The first-order valence-corrected chi connectivity index (χ1v) is 8.05. The first-order chi connectivity index (χ1) is 11.2. The Labute approximate surface area is 142 Å². The van der Waals surface area contributed by atoms with Crippen LogP contribution in [0.25, 0.3) is 0 Å². The van der Waals surface area contributed by atoms with Gasteiger partial charge in [-0.05, 0) is 30.3 Å². The van der Waals surface area contributed by atoms with E-state index in [1.165, 1.54) is 0 Å². The van der Waals surface area contributed by atoms with E-state index in [1.54, 1.807) is 16.9 Å². The molecule has 1 aliphatic rings. The molecule has 1 fully saturated rings. The fourth-order valence-electron chi connectivity index (χ4n) is 2.10. The molecule has 2 heterocycles. The van der Waals surface area contributed by atoms with Crippen molar-refractivity contribution >= 4 is 21.8 Å². The van der Waals surface area contributed by atoms with Gasteiger partial charge in [-0.2, -0.15) is 5.10 Å². The van der Waals surface area contributed by atoms with Crippen LogP contribution in [0, 0.1) is 0 Å². The number of hydrogen-bond acceptors (Lipinski definition) is 5. The summed E-state index contributed by atoms with van der Waals surface area (Å²) in [6, 6.07) is 9.19. The number of hydrogen-bond donors (Lipinski definition) is 1. The lowest BCUT2D eigenvalue weighted by Crippen LogP contribution is -2.48. The Morgan fingerprint density at radius 3 is 2.74 bits per heavy atom. The summed E-state index contributed by atoms with van der Waals surface area (Å²) in [5.41, 5.74) is 3.18. The fraction of sp³-hybridized carbons (Fsp3) is 0.333. The van der Waals surface area contributed by atoms with Crippen LogP contribution in [0.4, 0.5) is 0 Å². The predicted octanol–water partition coefficient (Wildman–Crippen LogP) is 1.66. The summed E-state index contributed by atoms with van der Waals surface area (Å²) in [4.78, 5) is 12.1. The minimum absolute atomic E-state index is 0.228. The summed E-state index contributed by atoms with van der Waals surface area (Å²) < 4.78 is 13.4. The number of nitrogens with zero attached hydrogens (tertiary/aromatic N) is 3. The maximum Gasteiger partial charge on any atom is 0.286 e. The van der Waals surface area contributed by atoms with E-state index in [0.717, 1.165) is 10.2 Å². The molecule has 8 heteroatoms. The van der Waals surface area contributed by atoms with Gasteiger partial charge >= 0.3 is 0 Å². The molecule has 1 saturated heterocycles. The molecule has 1 aliphatic heterocycles. The molecule has 23 heavy (non-hydrogen) atoms. The van der Waals surface area contributed by atoms with Gasteiger partial charge in [-0.15, -0.1) is 0 Å². The third-order valence-electron chi connectivity index (χ3n) is 3.32. The molecular weight excluding hydrogens is 364 g/mol. The van der Waals surface area contributed by atoms with Crippen LogP contribution < -0.4 is 10.2 Å². The molecule has 1 aromatic carbocycles. The lowest BCUT2D eigenvalue weighted by molar-refractivity contribution is 0.0124. The summed E-state index contributed by atoms with van der Waals surface area (Å²) in [6.45, 7) is 2.84. The van der Waals surface area contributed by atoms with Crippen LogP contribution >= 0.6 is 15.9 Å². The molecule has 3 rings (SSSR count). The molecule has 0 atom stereocenters. The van der Waals surface area contributed by atoms with Crippen LogP contribution in [0.3, 0.4) is 0 Å². The van der Waals surface area contributed by atoms with Crippen LogP contribution in [-0.4, -0.2) is 47.0 Å². The van der Waals surface area contributed by atoms with Crippen molar-refractivity contribution in [1.29, 1.82) is 0 Å². The highest BCUT2D eigenvalue weighted by Crippen LogP contribution is 2.16. The average Bonchev–Trinajstić information content (AvgIpc) is 3.04. The molecule has 122 valence electrons. The third kappa shape index (κ3) is 4.54. The maximum atomic E-state index is 12.1. The Hall–Kier alpha value is -1.90. The number of halogens is 1. The zero-order chi connectivity index (χ0) is 16.1. The molecule has 1 amide bonds. The van der Waals surface area contributed by atoms with E-state index in [-0.39, 0.29) is 12.6 Å². The number of hydrazine groups is 1. The van der Waals surface area contributed by atoms with Crippen molar-refractivity contribution in [3.63, 3.8) is 0 Å².